The maximum atomic E-state index is 13.4. The summed E-state index contributed by atoms with van der Waals surface area (Å²) in [5.41, 5.74) is 2.06. The molecule has 2 aromatic heterocycles. The Labute approximate surface area is 184 Å². The van der Waals surface area contributed by atoms with Gasteiger partial charge in [-0.15, -0.1) is 11.3 Å². The number of thiophene rings is 1. The van der Waals surface area contributed by atoms with E-state index in [0.29, 0.717) is 18.0 Å². The fourth-order valence-corrected chi connectivity index (χ4v) is 5.30. The lowest BCUT2D eigenvalue weighted by molar-refractivity contribution is 0.0790. The van der Waals surface area contributed by atoms with Gasteiger partial charge in [-0.25, -0.2) is 9.97 Å². The number of anilines is 1. The average molecular weight is 433 g/mol. The van der Waals surface area contributed by atoms with E-state index in [9.17, 15) is 4.79 Å². The Hall–Kier alpha value is -3.03. The highest BCUT2D eigenvalue weighted by atomic mass is 32.1. The predicted octanol–water partition coefficient (Wildman–Crippen LogP) is 4.63. The molecule has 0 spiro atoms. The third kappa shape index (κ3) is 3.75. The molecule has 1 saturated heterocycles. The van der Waals surface area contributed by atoms with Gasteiger partial charge in [-0.2, -0.15) is 0 Å². The quantitative estimate of drug-likeness (QED) is 0.498. The molecule has 31 heavy (non-hydrogen) atoms. The van der Waals surface area contributed by atoms with Gasteiger partial charge in [0.05, 0.1) is 22.9 Å². The van der Waals surface area contributed by atoms with Crippen molar-refractivity contribution >= 4 is 44.1 Å². The van der Waals surface area contributed by atoms with E-state index in [4.69, 9.17) is 4.74 Å². The molecule has 0 bridgehead atoms. The Kier molecular flexibility index (Phi) is 5.29. The number of aryl methyl sites for hydroxylation is 1. The van der Waals surface area contributed by atoms with Crippen LogP contribution in [0.2, 0.25) is 0 Å². The van der Waals surface area contributed by atoms with E-state index in [1.54, 1.807) is 11.2 Å². The normalized spacial score (nSPS) is 16.1. The zero-order valence-corrected chi connectivity index (χ0v) is 18.4. The number of fused-ring (bicyclic) bond motifs is 2. The Morgan fingerprint density at radius 1 is 1.23 bits per heavy atom. The molecular weight excluding hydrogens is 408 g/mol. The zero-order valence-electron chi connectivity index (χ0n) is 17.6. The summed E-state index contributed by atoms with van der Waals surface area (Å²) >= 11 is 1.43. The minimum atomic E-state index is 0.00332. The van der Waals surface area contributed by atoms with Crippen molar-refractivity contribution in [2.45, 2.75) is 25.9 Å². The van der Waals surface area contributed by atoms with Crippen LogP contribution < -0.4 is 5.32 Å². The lowest BCUT2D eigenvalue weighted by atomic mass is 10.0. The summed E-state index contributed by atoms with van der Waals surface area (Å²) in [5.74, 6) is 0.786. The van der Waals surface area contributed by atoms with Gasteiger partial charge in [0.1, 0.15) is 17.0 Å². The third-order valence-corrected chi connectivity index (χ3v) is 7.01. The van der Waals surface area contributed by atoms with Gasteiger partial charge >= 0.3 is 0 Å². The fraction of sp³-hybridized carbons (Fsp3) is 0.292. The average Bonchev–Trinajstić information content (AvgIpc) is 3.42. The second-order valence-electron chi connectivity index (χ2n) is 7.96. The molecule has 2 aromatic carbocycles. The Balaban J connectivity index is 1.44. The topological polar surface area (TPSA) is 67.4 Å². The van der Waals surface area contributed by atoms with Gasteiger partial charge in [0.2, 0.25) is 0 Å². The van der Waals surface area contributed by atoms with Crippen LogP contribution >= 0.6 is 11.3 Å². The number of ether oxygens (including phenoxy) is 1. The van der Waals surface area contributed by atoms with Crippen molar-refractivity contribution in [3.05, 3.63) is 64.8 Å². The van der Waals surface area contributed by atoms with E-state index in [-0.39, 0.29) is 11.9 Å². The molecule has 5 rings (SSSR count). The van der Waals surface area contributed by atoms with Crippen molar-refractivity contribution in [3.63, 3.8) is 0 Å². The predicted molar refractivity (Wildman–Crippen MR) is 125 cm³/mol. The molecule has 1 N–H and O–H groups in total. The molecule has 6 nitrogen and oxygen atoms in total. The molecule has 158 valence electrons. The van der Waals surface area contributed by atoms with Crippen molar-refractivity contribution in [2.75, 3.05) is 25.6 Å². The van der Waals surface area contributed by atoms with E-state index in [2.05, 4.69) is 39.6 Å². The van der Waals surface area contributed by atoms with E-state index in [0.717, 1.165) is 40.2 Å². The molecule has 0 radical (unpaired) electrons. The molecule has 1 unspecified atom stereocenters. The van der Waals surface area contributed by atoms with Crippen molar-refractivity contribution < 1.29 is 9.53 Å². The molecule has 0 aliphatic carbocycles. The van der Waals surface area contributed by atoms with Crippen LogP contribution in [0.25, 0.3) is 21.0 Å². The highest BCUT2D eigenvalue weighted by molar-refractivity contribution is 7.20. The van der Waals surface area contributed by atoms with Gasteiger partial charge < -0.3 is 15.0 Å². The molecular formula is C24H24N4O2S. The van der Waals surface area contributed by atoms with E-state index < -0.39 is 0 Å². The van der Waals surface area contributed by atoms with Crippen LogP contribution in [-0.4, -0.2) is 47.1 Å². The molecule has 1 aliphatic rings. The minimum Gasteiger partial charge on any atom is -0.379 e. The SMILES string of the molecule is Cc1c(C(=O)N(C)Cc2cccc3ccccc23)sc2ncnc(NC3CCOC3)c12. The fourth-order valence-electron chi connectivity index (χ4n) is 4.16. The van der Waals surface area contributed by atoms with Gasteiger partial charge in [0.15, 0.2) is 0 Å². The monoisotopic (exact) mass is 432 g/mol. The lowest BCUT2D eigenvalue weighted by Crippen LogP contribution is -2.26. The van der Waals surface area contributed by atoms with Gasteiger partial charge in [0, 0.05) is 20.2 Å². The lowest BCUT2D eigenvalue weighted by Gasteiger charge is -2.18. The van der Waals surface area contributed by atoms with Crippen LogP contribution in [-0.2, 0) is 11.3 Å². The van der Waals surface area contributed by atoms with Crippen LogP contribution in [0.4, 0.5) is 5.82 Å². The molecule has 1 aliphatic heterocycles. The Morgan fingerprint density at radius 3 is 2.90 bits per heavy atom. The molecule has 1 amide bonds. The highest BCUT2D eigenvalue weighted by Gasteiger charge is 2.24. The summed E-state index contributed by atoms with van der Waals surface area (Å²) in [7, 11) is 1.86. The number of carbonyl (C=O) groups is 1. The number of benzene rings is 2. The second kappa shape index (κ2) is 8.24. The van der Waals surface area contributed by atoms with E-state index in [1.165, 1.54) is 22.1 Å². The molecule has 1 fully saturated rings. The first-order valence-electron chi connectivity index (χ1n) is 10.4. The van der Waals surface area contributed by atoms with Crippen LogP contribution in [0.5, 0.6) is 0 Å². The van der Waals surface area contributed by atoms with Crippen molar-refractivity contribution in [1.29, 1.82) is 0 Å². The summed E-state index contributed by atoms with van der Waals surface area (Å²) in [4.78, 5) is 25.6. The molecule has 0 saturated carbocycles. The van der Waals surface area contributed by atoms with Gasteiger partial charge in [-0.1, -0.05) is 42.5 Å². The highest BCUT2D eigenvalue weighted by Crippen LogP contribution is 2.34. The first-order valence-corrected chi connectivity index (χ1v) is 11.2. The van der Waals surface area contributed by atoms with Gasteiger partial charge in [-0.3, -0.25) is 4.79 Å². The molecule has 7 heteroatoms. The van der Waals surface area contributed by atoms with Gasteiger partial charge in [-0.05, 0) is 35.2 Å². The first-order chi connectivity index (χ1) is 15.1. The summed E-state index contributed by atoms with van der Waals surface area (Å²) in [5, 5.41) is 6.76. The minimum absolute atomic E-state index is 0.00332. The number of aromatic nitrogens is 2. The number of rotatable bonds is 5. The number of hydrogen-bond donors (Lipinski definition) is 1. The first kappa shape index (κ1) is 19.9. The maximum absolute atomic E-state index is 13.4. The summed E-state index contributed by atoms with van der Waals surface area (Å²) in [6.45, 7) is 3.97. The number of amides is 1. The smallest absolute Gasteiger partial charge is 0.264 e. The maximum Gasteiger partial charge on any atom is 0.264 e. The second-order valence-corrected chi connectivity index (χ2v) is 8.96. The van der Waals surface area contributed by atoms with Crippen molar-refractivity contribution in [2.24, 2.45) is 0 Å². The molecule has 1 atom stereocenters. The van der Waals surface area contributed by atoms with Gasteiger partial charge in [0.25, 0.3) is 5.91 Å². The number of nitrogens with zero attached hydrogens (tertiary/aromatic N) is 3. The largest absolute Gasteiger partial charge is 0.379 e. The number of nitrogens with one attached hydrogen (secondary N) is 1. The zero-order chi connectivity index (χ0) is 21.4. The number of hydrogen-bond acceptors (Lipinski definition) is 6. The number of carbonyl (C=O) groups excluding carboxylic acids is 1. The molecule has 4 aromatic rings. The summed E-state index contributed by atoms with van der Waals surface area (Å²) < 4.78 is 5.47. The Morgan fingerprint density at radius 2 is 2.06 bits per heavy atom. The van der Waals surface area contributed by atoms with Crippen LogP contribution in [0.15, 0.2) is 48.8 Å². The molecule has 3 heterocycles. The third-order valence-electron chi connectivity index (χ3n) is 5.83. The standard InChI is InChI=1S/C24H24N4O2S/c1-15-20-22(27-18-10-11-30-13-18)25-14-26-23(20)31-21(15)24(29)28(2)12-17-8-5-7-16-6-3-4-9-19(16)17/h3-9,14,18H,10-13H2,1-2H3,(H,25,26,27). The van der Waals surface area contributed by atoms with E-state index >= 15 is 0 Å². The van der Waals surface area contributed by atoms with Crippen LogP contribution in [0, 0.1) is 6.92 Å². The van der Waals surface area contributed by atoms with Crippen molar-refractivity contribution in [1.82, 2.24) is 14.9 Å². The van der Waals surface area contributed by atoms with Crippen molar-refractivity contribution in [3.8, 4) is 0 Å². The van der Waals surface area contributed by atoms with E-state index in [1.807, 2.05) is 32.2 Å². The van der Waals surface area contributed by atoms with Crippen LogP contribution in [0.1, 0.15) is 27.2 Å². The summed E-state index contributed by atoms with van der Waals surface area (Å²) in [6, 6.07) is 14.7. The summed E-state index contributed by atoms with van der Waals surface area (Å²) in [6.07, 6.45) is 2.51. The Bertz CT molecular complexity index is 1260. The van der Waals surface area contributed by atoms with Crippen LogP contribution in [0.3, 0.4) is 0 Å².